The lowest BCUT2D eigenvalue weighted by molar-refractivity contribution is 1.43. The van der Waals surface area contributed by atoms with Crippen molar-refractivity contribution in [3.63, 3.8) is 0 Å². The predicted molar refractivity (Wildman–Crippen MR) is 49.2 cm³/mol. The van der Waals surface area contributed by atoms with Gasteiger partial charge in [0, 0.05) is 13.2 Å². The molecule has 11 heavy (non-hydrogen) atoms. The molecule has 2 rings (SSSR count). The molecule has 0 spiro atoms. The third-order valence-corrected chi connectivity index (χ3v) is 2.64. The van der Waals surface area contributed by atoms with E-state index in [0.717, 1.165) is 5.52 Å². The van der Waals surface area contributed by atoms with Crippen molar-refractivity contribution in [2.45, 2.75) is 0 Å². The van der Waals surface area contributed by atoms with Gasteiger partial charge in [-0.2, -0.15) is 0 Å². The maximum absolute atomic E-state index is 4.22. The average Bonchev–Trinajstić information content (AvgIpc) is 2.46. The summed E-state index contributed by atoms with van der Waals surface area (Å²) in [4.78, 5) is 4.22. The van der Waals surface area contributed by atoms with Crippen molar-refractivity contribution in [1.82, 2.24) is 4.98 Å². The van der Waals surface area contributed by atoms with Gasteiger partial charge in [-0.1, -0.05) is 0 Å². The van der Waals surface area contributed by atoms with Crippen LogP contribution in [0.2, 0.25) is 0 Å². The molecule has 0 atom stereocenters. The Kier molecular flexibility index (Phi) is 1.51. The van der Waals surface area contributed by atoms with Crippen molar-refractivity contribution < 1.29 is 0 Å². The number of hydrogen-bond acceptors (Lipinski definition) is 3. The van der Waals surface area contributed by atoms with Crippen LogP contribution in [0.1, 0.15) is 0 Å². The monoisotopic (exact) mass is 164 g/mol. The van der Waals surface area contributed by atoms with Crippen LogP contribution >= 0.6 is 11.3 Å². The van der Waals surface area contributed by atoms with E-state index >= 15 is 0 Å². The standard InChI is InChI=1S/C8H8N2S/c1-9-8-5-6-7(11-8)3-2-4-10-6/h2-5,9H,1H3. The minimum atomic E-state index is 1.07. The number of nitrogens with zero attached hydrogens (tertiary/aromatic N) is 1. The van der Waals surface area contributed by atoms with E-state index in [-0.39, 0.29) is 0 Å². The molecule has 2 aromatic rings. The summed E-state index contributed by atoms with van der Waals surface area (Å²) in [5.41, 5.74) is 1.07. The number of nitrogens with one attached hydrogen (secondary N) is 1. The molecule has 0 unspecified atom stereocenters. The van der Waals surface area contributed by atoms with Gasteiger partial charge < -0.3 is 5.32 Å². The second-order valence-corrected chi connectivity index (χ2v) is 3.33. The normalized spacial score (nSPS) is 10.3. The quantitative estimate of drug-likeness (QED) is 0.699. The summed E-state index contributed by atoms with van der Waals surface area (Å²) in [5.74, 6) is 0. The first-order valence-corrected chi connectivity index (χ1v) is 4.24. The zero-order chi connectivity index (χ0) is 7.68. The van der Waals surface area contributed by atoms with Gasteiger partial charge in [-0.3, -0.25) is 4.98 Å². The molecule has 0 amide bonds. The minimum absolute atomic E-state index is 1.07. The van der Waals surface area contributed by atoms with E-state index in [1.165, 1.54) is 9.70 Å². The Bertz CT molecular complexity index is 334. The summed E-state index contributed by atoms with van der Waals surface area (Å²) in [5, 5.41) is 4.26. The predicted octanol–water partition coefficient (Wildman–Crippen LogP) is 2.34. The SMILES string of the molecule is CNc1cc2ncccc2s1. The molecule has 56 valence electrons. The maximum atomic E-state index is 4.22. The van der Waals surface area contributed by atoms with E-state index in [0.29, 0.717) is 0 Å². The second-order valence-electron chi connectivity index (χ2n) is 2.25. The zero-order valence-electron chi connectivity index (χ0n) is 6.16. The van der Waals surface area contributed by atoms with Crippen molar-refractivity contribution in [2.24, 2.45) is 0 Å². The first-order chi connectivity index (χ1) is 5.40. The highest BCUT2D eigenvalue weighted by molar-refractivity contribution is 7.22. The molecule has 0 saturated carbocycles. The lowest BCUT2D eigenvalue weighted by Crippen LogP contribution is -1.80. The molecule has 0 radical (unpaired) electrons. The van der Waals surface area contributed by atoms with Gasteiger partial charge in [0.1, 0.15) is 0 Å². The van der Waals surface area contributed by atoms with Crippen LogP contribution in [-0.2, 0) is 0 Å². The number of thiophene rings is 1. The van der Waals surface area contributed by atoms with Gasteiger partial charge in [0.25, 0.3) is 0 Å². The molecule has 0 bridgehead atoms. The molecule has 2 aromatic heterocycles. The second kappa shape index (κ2) is 2.51. The van der Waals surface area contributed by atoms with Crippen molar-refractivity contribution in [1.29, 1.82) is 0 Å². The van der Waals surface area contributed by atoms with E-state index in [1.807, 2.05) is 19.3 Å². The molecule has 0 aliphatic heterocycles. The summed E-state index contributed by atoms with van der Waals surface area (Å²) in [6.45, 7) is 0. The number of hydrogen-bond donors (Lipinski definition) is 1. The van der Waals surface area contributed by atoms with Gasteiger partial charge >= 0.3 is 0 Å². The largest absolute Gasteiger partial charge is 0.380 e. The average molecular weight is 164 g/mol. The molecule has 0 fully saturated rings. The highest BCUT2D eigenvalue weighted by atomic mass is 32.1. The molecule has 3 heteroatoms. The van der Waals surface area contributed by atoms with Crippen molar-refractivity contribution >= 4 is 26.6 Å². The fraction of sp³-hybridized carbons (Fsp3) is 0.125. The van der Waals surface area contributed by atoms with Crippen LogP contribution in [0, 0.1) is 0 Å². The van der Waals surface area contributed by atoms with Crippen LogP contribution in [-0.4, -0.2) is 12.0 Å². The topological polar surface area (TPSA) is 24.9 Å². The van der Waals surface area contributed by atoms with Crippen LogP contribution in [0.25, 0.3) is 10.2 Å². The first kappa shape index (κ1) is 6.61. The van der Waals surface area contributed by atoms with Crippen LogP contribution in [0.3, 0.4) is 0 Å². The Morgan fingerprint density at radius 3 is 3.18 bits per heavy atom. The first-order valence-electron chi connectivity index (χ1n) is 3.42. The third-order valence-electron chi connectivity index (χ3n) is 1.53. The summed E-state index contributed by atoms with van der Waals surface area (Å²) in [7, 11) is 1.92. The Morgan fingerprint density at radius 1 is 1.55 bits per heavy atom. The molecular formula is C8H8N2S. The molecular weight excluding hydrogens is 156 g/mol. The number of anilines is 1. The van der Waals surface area contributed by atoms with Crippen LogP contribution in [0.15, 0.2) is 24.4 Å². The summed E-state index contributed by atoms with van der Waals surface area (Å²) >= 11 is 1.72. The van der Waals surface area contributed by atoms with Gasteiger partial charge in [-0.15, -0.1) is 11.3 Å². The van der Waals surface area contributed by atoms with E-state index in [2.05, 4.69) is 22.4 Å². The number of fused-ring (bicyclic) bond motifs is 1. The fourth-order valence-electron chi connectivity index (χ4n) is 0.993. The Morgan fingerprint density at radius 2 is 2.45 bits per heavy atom. The summed E-state index contributed by atoms with van der Waals surface area (Å²) in [6, 6.07) is 6.09. The lowest BCUT2D eigenvalue weighted by atomic mass is 10.4. The van der Waals surface area contributed by atoms with Gasteiger partial charge in [-0.05, 0) is 18.2 Å². The number of aromatic nitrogens is 1. The molecule has 2 heterocycles. The van der Waals surface area contributed by atoms with E-state index in [1.54, 1.807) is 11.3 Å². The Balaban J connectivity index is 2.69. The highest BCUT2D eigenvalue weighted by Crippen LogP contribution is 2.26. The van der Waals surface area contributed by atoms with E-state index < -0.39 is 0 Å². The van der Waals surface area contributed by atoms with Gasteiger partial charge in [0.2, 0.25) is 0 Å². The van der Waals surface area contributed by atoms with Gasteiger partial charge in [0.15, 0.2) is 0 Å². The van der Waals surface area contributed by atoms with E-state index in [9.17, 15) is 0 Å². The maximum Gasteiger partial charge on any atom is 0.0908 e. The molecule has 0 aromatic carbocycles. The number of rotatable bonds is 1. The smallest absolute Gasteiger partial charge is 0.0908 e. The molecule has 0 aliphatic rings. The molecule has 2 nitrogen and oxygen atoms in total. The zero-order valence-corrected chi connectivity index (χ0v) is 6.98. The Labute approximate surface area is 68.9 Å². The van der Waals surface area contributed by atoms with Crippen molar-refractivity contribution in [2.75, 3.05) is 12.4 Å². The fourth-order valence-corrected chi connectivity index (χ4v) is 1.87. The molecule has 0 aliphatic carbocycles. The summed E-state index contributed by atoms with van der Waals surface area (Å²) in [6.07, 6.45) is 1.81. The lowest BCUT2D eigenvalue weighted by Gasteiger charge is -1.86. The molecule has 0 saturated heterocycles. The van der Waals surface area contributed by atoms with Gasteiger partial charge in [0.05, 0.1) is 15.2 Å². The van der Waals surface area contributed by atoms with Crippen molar-refractivity contribution in [3.05, 3.63) is 24.4 Å². The van der Waals surface area contributed by atoms with Crippen LogP contribution in [0.4, 0.5) is 5.00 Å². The Hall–Kier alpha value is -1.09. The van der Waals surface area contributed by atoms with Crippen LogP contribution < -0.4 is 5.32 Å². The van der Waals surface area contributed by atoms with Crippen molar-refractivity contribution in [3.8, 4) is 0 Å². The highest BCUT2D eigenvalue weighted by Gasteiger charge is 1.97. The minimum Gasteiger partial charge on any atom is -0.380 e. The third kappa shape index (κ3) is 1.07. The van der Waals surface area contributed by atoms with Crippen LogP contribution in [0.5, 0.6) is 0 Å². The van der Waals surface area contributed by atoms with Gasteiger partial charge in [-0.25, -0.2) is 0 Å². The summed E-state index contributed by atoms with van der Waals surface area (Å²) < 4.78 is 1.23. The molecule has 1 N–H and O–H groups in total. The number of pyridine rings is 1. The van der Waals surface area contributed by atoms with E-state index in [4.69, 9.17) is 0 Å².